The summed E-state index contributed by atoms with van der Waals surface area (Å²) in [4.78, 5) is 23.5. The summed E-state index contributed by atoms with van der Waals surface area (Å²) in [5.74, 6) is 0.840. The van der Waals surface area contributed by atoms with Crippen LogP contribution in [-0.2, 0) is 11.2 Å². The fraction of sp³-hybridized carbons (Fsp3) is 0.250. The number of carbonyl (C=O) groups is 1. The lowest BCUT2D eigenvalue weighted by molar-refractivity contribution is -0.115. The maximum Gasteiger partial charge on any atom is 0.228 e. The third kappa shape index (κ3) is 3.48. The van der Waals surface area contributed by atoms with Gasteiger partial charge in [-0.15, -0.1) is 0 Å². The minimum Gasteiger partial charge on any atom is -0.356 e. The summed E-state index contributed by atoms with van der Waals surface area (Å²) in [7, 11) is 0. The predicted molar refractivity (Wildman–Crippen MR) is 105 cm³/mol. The molecular formula is C20H19ClN4O. The van der Waals surface area contributed by atoms with Crippen LogP contribution in [0.2, 0.25) is 5.02 Å². The summed E-state index contributed by atoms with van der Waals surface area (Å²) in [5.41, 5.74) is 2.43. The van der Waals surface area contributed by atoms with Crippen molar-refractivity contribution < 1.29 is 4.79 Å². The van der Waals surface area contributed by atoms with Gasteiger partial charge in [-0.3, -0.25) is 4.79 Å². The lowest BCUT2D eigenvalue weighted by Crippen LogP contribution is -2.19. The molecule has 0 spiro atoms. The lowest BCUT2D eigenvalue weighted by Gasteiger charge is -2.18. The number of aromatic nitrogens is 2. The molecule has 1 aliphatic heterocycles. The zero-order valence-electron chi connectivity index (χ0n) is 14.3. The Balaban J connectivity index is 1.58. The van der Waals surface area contributed by atoms with Crippen molar-refractivity contribution in [1.29, 1.82) is 0 Å². The van der Waals surface area contributed by atoms with E-state index >= 15 is 0 Å². The predicted octanol–water partition coefficient (Wildman–Crippen LogP) is 4.06. The van der Waals surface area contributed by atoms with E-state index in [1.54, 1.807) is 12.4 Å². The molecule has 5 nitrogen and oxygen atoms in total. The zero-order chi connectivity index (χ0) is 17.9. The molecule has 132 valence electrons. The van der Waals surface area contributed by atoms with Gasteiger partial charge in [-0.2, -0.15) is 0 Å². The van der Waals surface area contributed by atoms with E-state index in [0.717, 1.165) is 41.1 Å². The fourth-order valence-electron chi connectivity index (χ4n) is 3.32. The molecule has 0 aliphatic carbocycles. The molecule has 2 heterocycles. The molecule has 1 saturated heterocycles. The maximum atomic E-state index is 12.4. The Bertz CT molecular complexity index is 953. The van der Waals surface area contributed by atoms with Crippen LogP contribution in [-0.4, -0.2) is 29.0 Å². The molecule has 0 bridgehead atoms. The molecule has 0 atom stereocenters. The largest absolute Gasteiger partial charge is 0.356 e. The van der Waals surface area contributed by atoms with Gasteiger partial charge in [-0.05, 0) is 42.7 Å². The van der Waals surface area contributed by atoms with Crippen LogP contribution in [0.15, 0.2) is 48.8 Å². The number of nitrogens with one attached hydrogen (secondary N) is 1. The van der Waals surface area contributed by atoms with E-state index < -0.39 is 0 Å². The highest BCUT2D eigenvalue weighted by atomic mass is 35.5. The number of halogens is 1. The van der Waals surface area contributed by atoms with Gasteiger partial charge in [0.15, 0.2) is 0 Å². The van der Waals surface area contributed by atoms with Crippen molar-refractivity contribution in [3.63, 3.8) is 0 Å². The molecule has 0 radical (unpaired) electrons. The standard InChI is InChI=1S/C20H19ClN4O/c21-17-6-2-1-5-14(17)11-19(26)24-15-7-8-18-16(12-15)20(23-13-22-18)25-9-3-4-10-25/h1-2,5-8,12-13H,3-4,9-11H2,(H,24,26). The van der Waals surface area contributed by atoms with Gasteiger partial charge >= 0.3 is 0 Å². The van der Waals surface area contributed by atoms with E-state index in [1.807, 2.05) is 36.4 Å². The number of anilines is 2. The molecule has 4 rings (SSSR count). The highest BCUT2D eigenvalue weighted by Crippen LogP contribution is 2.28. The molecule has 1 N–H and O–H groups in total. The second kappa shape index (κ2) is 7.30. The van der Waals surface area contributed by atoms with Crippen molar-refractivity contribution >= 4 is 39.9 Å². The molecule has 1 aromatic heterocycles. The van der Waals surface area contributed by atoms with Crippen molar-refractivity contribution in [2.75, 3.05) is 23.3 Å². The number of nitrogens with zero attached hydrogens (tertiary/aromatic N) is 3. The number of fused-ring (bicyclic) bond motifs is 1. The summed E-state index contributed by atoms with van der Waals surface area (Å²) in [5, 5.41) is 4.52. The normalized spacial score (nSPS) is 14.0. The van der Waals surface area contributed by atoms with Crippen LogP contribution in [0.5, 0.6) is 0 Å². The van der Waals surface area contributed by atoms with Gasteiger partial charge in [0, 0.05) is 29.2 Å². The zero-order valence-corrected chi connectivity index (χ0v) is 15.0. The van der Waals surface area contributed by atoms with Crippen molar-refractivity contribution in [1.82, 2.24) is 9.97 Å². The second-order valence-electron chi connectivity index (χ2n) is 6.44. The Hall–Kier alpha value is -2.66. The average Bonchev–Trinajstić information content (AvgIpc) is 3.17. The molecule has 26 heavy (non-hydrogen) atoms. The fourth-order valence-corrected chi connectivity index (χ4v) is 3.52. The van der Waals surface area contributed by atoms with Crippen LogP contribution in [0.4, 0.5) is 11.5 Å². The Morgan fingerprint density at radius 2 is 1.92 bits per heavy atom. The number of carbonyl (C=O) groups excluding carboxylic acids is 1. The first-order valence-electron chi connectivity index (χ1n) is 8.74. The summed E-state index contributed by atoms with van der Waals surface area (Å²) < 4.78 is 0. The number of amides is 1. The SMILES string of the molecule is O=C(Cc1ccccc1Cl)Nc1ccc2ncnc(N3CCCC3)c2c1. The average molecular weight is 367 g/mol. The van der Waals surface area contributed by atoms with Crippen LogP contribution in [0.25, 0.3) is 10.9 Å². The van der Waals surface area contributed by atoms with Crippen LogP contribution in [0.3, 0.4) is 0 Å². The second-order valence-corrected chi connectivity index (χ2v) is 6.85. The van der Waals surface area contributed by atoms with Crippen molar-refractivity contribution in [3.8, 4) is 0 Å². The summed E-state index contributed by atoms with van der Waals surface area (Å²) >= 11 is 6.14. The molecule has 0 saturated carbocycles. The number of benzene rings is 2. The molecule has 1 fully saturated rings. The van der Waals surface area contributed by atoms with E-state index in [4.69, 9.17) is 11.6 Å². The molecule has 1 aliphatic rings. The molecule has 6 heteroatoms. The Labute approximate surface area is 157 Å². The summed E-state index contributed by atoms with van der Waals surface area (Å²) in [6.45, 7) is 2.02. The molecule has 1 amide bonds. The monoisotopic (exact) mass is 366 g/mol. The van der Waals surface area contributed by atoms with Crippen LogP contribution >= 0.6 is 11.6 Å². The van der Waals surface area contributed by atoms with Crippen LogP contribution in [0, 0.1) is 0 Å². The van der Waals surface area contributed by atoms with E-state index in [2.05, 4.69) is 20.2 Å². The quantitative estimate of drug-likeness (QED) is 0.756. The summed E-state index contributed by atoms with van der Waals surface area (Å²) in [6.07, 6.45) is 4.20. The first kappa shape index (κ1) is 16.8. The van der Waals surface area contributed by atoms with Gasteiger partial charge in [-0.1, -0.05) is 29.8 Å². The molecule has 3 aromatic rings. The van der Waals surface area contributed by atoms with E-state index in [0.29, 0.717) is 5.02 Å². The Morgan fingerprint density at radius 3 is 2.73 bits per heavy atom. The van der Waals surface area contributed by atoms with Gasteiger partial charge in [0.1, 0.15) is 12.1 Å². The van der Waals surface area contributed by atoms with Gasteiger partial charge in [0.25, 0.3) is 0 Å². The van der Waals surface area contributed by atoms with Gasteiger partial charge in [-0.25, -0.2) is 9.97 Å². The van der Waals surface area contributed by atoms with Crippen molar-refractivity contribution in [2.24, 2.45) is 0 Å². The molecule has 2 aromatic carbocycles. The lowest BCUT2D eigenvalue weighted by atomic mass is 10.1. The first-order chi connectivity index (χ1) is 12.7. The topological polar surface area (TPSA) is 58.1 Å². The smallest absolute Gasteiger partial charge is 0.228 e. The minimum absolute atomic E-state index is 0.1000. The highest BCUT2D eigenvalue weighted by molar-refractivity contribution is 6.31. The van der Waals surface area contributed by atoms with Gasteiger partial charge in [0.05, 0.1) is 11.9 Å². The Morgan fingerprint density at radius 1 is 1.12 bits per heavy atom. The number of hydrogen-bond donors (Lipinski definition) is 1. The number of hydrogen-bond acceptors (Lipinski definition) is 4. The Kier molecular flexibility index (Phi) is 4.71. The van der Waals surface area contributed by atoms with E-state index in [9.17, 15) is 4.79 Å². The first-order valence-corrected chi connectivity index (χ1v) is 9.11. The van der Waals surface area contributed by atoms with Crippen molar-refractivity contribution in [2.45, 2.75) is 19.3 Å². The van der Waals surface area contributed by atoms with E-state index in [1.165, 1.54) is 12.8 Å². The third-order valence-corrected chi connectivity index (χ3v) is 4.98. The van der Waals surface area contributed by atoms with Gasteiger partial charge < -0.3 is 10.2 Å². The third-order valence-electron chi connectivity index (χ3n) is 4.61. The number of rotatable bonds is 4. The highest BCUT2D eigenvalue weighted by Gasteiger charge is 2.17. The molecule has 0 unspecified atom stereocenters. The minimum atomic E-state index is -0.1000. The van der Waals surface area contributed by atoms with Crippen molar-refractivity contribution in [3.05, 3.63) is 59.4 Å². The van der Waals surface area contributed by atoms with Gasteiger partial charge in [0.2, 0.25) is 5.91 Å². The van der Waals surface area contributed by atoms with Crippen LogP contribution in [0.1, 0.15) is 18.4 Å². The van der Waals surface area contributed by atoms with Crippen LogP contribution < -0.4 is 10.2 Å². The van der Waals surface area contributed by atoms with E-state index in [-0.39, 0.29) is 12.3 Å². The summed E-state index contributed by atoms with van der Waals surface area (Å²) in [6, 6.07) is 13.1. The molecular weight excluding hydrogens is 348 g/mol. The maximum absolute atomic E-state index is 12.4.